The summed E-state index contributed by atoms with van der Waals surface area (Å²) in [6.45, 7) is 2.69. The maximum Gasteiger partial charge on any atom is 0.236 e. The molecule has 19 heavy (non-hydrogen) atoms. The number of rotatable bonds is 4. The highest BCUT2D eigenvalue weighted by Crippen LogP contribution is 2.22. The van der Waals surface area contributed by atoms with Crippen molar-refractivity contribution in [2.45, 2.75) is 57.0 Å². The first-order valence-electron chi connectivity index (χ1n) is 7.86. The Balaban J connectivity index is 1.79. The monoisotopic (exact) mass is 267 g/mol. The predicted molar refractivity (Wildman–Crippen MR) is 78.2 cm³/mol. The maximum atomic E-state index is 12.4. The van der Waals surface area contributed by atoms with Crippen LogP contribution in [0, 0.1) is 0 Å². The average Bonchev–Trinajstić information content (AvgIpc) is 2.47. The number of nitrogens with zero attached hydrogens (tertiary/aromatic N) is 2. The third kappa shape index (κ3) is 4.18. The smallest absolute Gasteiger partial charge is 0.236 e. The molecule has 2 fully saturated rings. The zero-order chi connectivity index (χ0) is 13.7. The SMILES string of the molecule is CNC1CCCN(CC(=O)N(C)C2CCCCC2)C1. The van der Waals surface area contributed by atoms with Gasteiger partial charge in [-0.25, -0.2) is 0 Å². The number of likely N-dealkylation sites (tertiary alicyclic amines) is 1. The first-order valence-corrected chi connectivity index (χ1v) is 7.86. The van der Waals surface area contributed by atoms with Gasteiger partial charge in [-0.1, -0.05) is 19.3 Å². The highest BCUT2D eigenvalue weighted by atomic mass is 16.2. The van der Waals surface area contributed by atoms with Crippen LogP contribution >= 0.6 is 0 Å². The lowest BCUT2D eigenvalue weighted by Gasteiger charge is -2.35. The first kappa shape index (κ1) is 14.8. The number of carbonyl (C=O) groups is 1. The summed E-state index contributed by atoms with van der Waals surface area (Å²) >= 11 is 0. The van der Waals surface area contributed by atoms with Crippen LogP contribution in [0.25, 0.3) is 0 Å². The standard InChI is InChI=1S/C15H29N3O/c1-16-13-7-6-10-18(11-13)12-15(19)17(2)14-8-4-3-5-9-14/h13-14,16H,3-12H2,1-2H3. The summed E-state index contributed by atoms with van der Waals surface area (Å²) in [6, 6.07) is 1.05. The van der Waals surface area contributed by atoms with E-state index in [-0.39, 0.29) is 0 Å². The minimum atomic E-state index is 0.309. The molecule has 0 aromatic rings. The molecule has 1 saturated carbocycles. The second-order valence-electron chi connectivity index (χ2n) is 6.16. The third-order valence-corrected chi connectivity index (χ3v) is 4.79. The van der Waals surface area contributed by atoms with E-state index in [0.29, 0.717) is 24.5 Å². The summed E-state index contributed by atoms with van der Waals surface area (Å²) in [5.41, 5.74) is 0. The predicted octanol–water partition coefficient (Wildman–Crippen LogP) is 1.46. The van der Waals surface area contributed by atoms with Gasteiger partial charge in [-0.15, -0.1) is 0 Å². The Morgan fingerprint density at radius 3 is 2.63 bits per heavy atom. The molecule has 0 bridgehead atoms. The number of amides is 1. The summed E-state index contributed by atoms with van der Waals surface area (Å²) in [7, 11) is 4.02. The van der Waals surface area contributed by atoms with Crippen molar-refractivity contribution in [2.75, 3.05) is 33.7 Å². The highest BCUT2D eigenvalue weighted by Gasteiger charge is 2.25. The van der Waals surface area contributed by atoms with Gasteiger partial charge in [0.15, 0.2) is 0 Å². The van der Waals surface area contributed by atoms with Crippen molar-refractivity contribution in [1.29, 1.82) is 0 Å². The van der Waals surface area contributed by atoms with Gasteiger partial charge in [-0.3, -0.25) is 9.69 Å². The van der Waals surface area contributed by atoms with Crippen molar-refractivity contribution in [3.63, 3.8) is 0 Å². The van der Waals surface area contributed by atoms with Crippen molar-refractivity contribution >= 4 is 5.91 Å². The van der Waals surface area contributed by atoms with Crippen LogP contribution in [0.4, 0.5) is 0 Å². The highest BCUT2D eigenvalue weighted by molar-refractivity contribution is 5.78. The molecule has 1 unspecified atom stereocenters. The Morgan fingerprint density at radius 1 is 1.21 bits per heavy atom. The van der Waals surface area contributed by atoms with E-state index in [2.05, 4.69) is 10.2 Å². The van der Waals surface area contributed by atoms with E-state index in [1.807, 2.05) is 19.0 Å². The maximum absolute atomic E-state index is 12.4. The van der Waals surface area contributed by atoms with Gasteiger partial charge in [0.05, 0.1) is 6.54 Å². The molecule has 1 aliphatic carbocycles. The number of likely N-dealkylation sites (N-methyl/N-ethyl adjacent to an activating group) is 2. The van der Waals surface area contributed by atoms with Crippen molar-refractivity contribution in [1.82, 2.24) is 15.1 Å². The van der Waals surface area contributed by atoms with Crippen LogP contribution in [-0.2, 0) is 4.79 Å². The lowest BCUT2D eigenvalue weighted by Crippen LogP contribution is -2.49. The number of hydrogen-bond acceptors (Lipinski definition) is 3. The molecule has 1 atom stereocenters. The fraction of sp³-hybridized carbons (Fsp3) is 0.933. The van der Waals surface area contributed by atoms with Crippen LogP contribution in [0.5, 0.6) is 0 Å². The average molecular weight is 267 g/mol. The largest absolute Gasteiger partial charge is 0.342 e. The van der Waals surface area contributed by atoms with Gasteiger partial charge >= 0.3 is 0 Å². The van der Waals surface area contributed by atoms with E-state index in [1.54, 1.807) is 0 Å². The minimum absolute atomic E-state index is 0.309. The van der Waals surface area contributed by atoms with E-state index < -0.39 is 0 Å². The van der Waals surface area contributed by atoms with E-state index >= 15 is 0 Å². The number of hydrogen-bond donors (Lipinski definition) is 1. The van der Waals surface area contributed by atoms with Crippen molar-refractivity contribution in [2.24, 2.45) is 0 Å². The fourth-order valence-corrected chi connectivity index (χ4v) is 3.41. The molecule has 1 aliphatic heterocycles. The van der Waals surface area contributed by atoms with Crippen LogP contribution in [0.1, 0.15) is 44.9 Å². The molecular formula is C15H29N3O. The van der Waals surface area contributed by atoms with E-state index in [1.165, 1.54) is 44.9 Å². The number of piperidine rings is 1. The molecule has 0 radical (unpaired) electrons. The molecule has 1 amide bonds. The Bertz CT molecular complexity index is 289. The Morgan fingerprint density at radius 2 is 1.95 bits per heavy atom. The van der Waals surface area contributed by atoms with Crippen molar-refractivity contribution < 1.29 is 4.79 Å². The van der Waals surface area contributed by atoms with Crippen LogP contribution in [-0.4, -0.2) is 61.5 Å². The zero-order valence-corrected chi connectivity index (χ0v) is 12.5. The zero-order valence-electron chi connectivity index (χ0n) is 12.5. The third-order valence-electron chi connectivity index (χ3n) is 4.79. The fourth-order valence-electron chi connectivity index (χ4n) is 3.41. The summed E-state index contributed by atoms with van der Waals surface area (Å²) < 4.78 is 0. The summed E-state index contributed by atoms with van der Waals surface area (Å²) in [6.07, 6.45) is 8.74. The van der Waals surface area contributed by atoms with Gasteiger partial charge in [0.25, 0.3) is 0 Å². The molecule has 0 aromatic heterocycles. The summed E-state index contributed by atoms with van der Waals surface area (Å²) in [5.74, 6) is 0.309. The van der Waals surface area contributed by atoms with Crippen LogP contribution in [0.3, 0.4) is 0 Å². The van der Waals surface area contributed by atoms with Gasteiger partial charge in [0.2, 0.25) is 5.91 Å². The van der Waals surface area contributed by atoms with Crippen LogP contribution in [0.2, 0.25) is 0 Å². The summed E-state index contributed by atoms with van der Waals surface area (Å²) in [4.78, 5) is 16.7. The second-order valence-corrected chi connectivity index (χ2v) is 6.16. The molecular weight excluding hydrogens is 238 g/mol. The molecule has 1 N–H and O–H groups in total. The van der Waals surface area contributed by atoms with Crippen LogP contribution < -0.4 is 5.32 Å². The van der Waals surface area contributed by atoms with Gasteiger partial charge in [-0.05, 0) is 39.3 Å². The molecule has 4 nitrogen and oxygen atoms in total. The second kappa shape index (κ2) is 7.25. The molecule has 2 rings (SSSR count). The van der Waals surface area contributed by atoms with Gasteiger partial charge in [-0.2, -0.15) is 0 Å². The molecule has 2 aliphatic rings. The molecule has 1 saturated heterocycles. The van der Waals surface area contributed by atoms with Gasteiger partial charge < -0.3 is 10.2 Å². The number of nitrogens with one attached hydrogen (secondary N) is 1. The minimum Gasteiger partial charge on any atom is -0.342 e. The van der Waals surface area contributed by atoms with E-state index in [4.69, 9.17) is 0 Å². The molecule has 0 spiro atoms. The summed E-state index contributed by atoms with van der Waals surface area (Å²) in [5, 5.41) is 3.33. The quantitative estimate of drug-likeness (QED) is 0.837. The number of carbonyl (C=O) groups excluding carboxylic acids is 1. The lowest BCUT2D eigenvalue weighted by molar-refractivity contribution is -0.134. The first-order chi connectivity index (χ1) is 9.20. The van der Waals surface area contributed by atoms with Crippen molar-refractivity contribution in [3.8, 4) is 0 Å². The molecule has 110 valence electrons. The molecule has 1 heterocycles. The normalized spacial score (nSPS) is 26.3. The Hall–Kier alpha value is -0.610. The van der Waals surface area contributed by atoms with Gasteiger partial charge in [0, 0.05) is 25.7 Å². The topological polar surface area (TPSA) is 35.6 Å². The van der Waals surface area contributed by atoms with Crippen LogP contribution in [0.15, 0.2) is 0 Å². The van der Waals surface area contributed by atoms with E-state index in [9.17, 15) is 4.79 Å². The molecule has 0 aromatic carbocycles. The Kier molecular flexibility index (Phi) is 5.64. The van der Waals surface area contributed by atoms with Crippen molar-refractivity contribution in [3.05, 3.63) is 0 Å². The molecule has 4 heteroatoms. The lowest BCUT2D eigenvalue weighted by atomic mass is 9.94. The van der Waals surface area contributed by atoms with E-state index in [0.717, 1.165) is 13.1 Å². The Labute approximate surface area is 117 Å². The van der Waals surface area contributed by atoms with Gasteiger partial charge in [0.1, 0.15) is 0 Å².